The molecule has 0 bridgehead atoms. The van der Waals surface area contributed by atoms with Gasteiger partial charge in [-0.3, -0.25) is 10.1 Å². The van der Waals surface area contributed by atoms with Gasteiger partial charge in [-0.15, -0.1) is 0 Å². The number of nitro benzene ring substituents is 1. The molecule has 5 nitrogen and oxygen atoms in total. The summed E-state index contributed by atoms with van der Waals surface area (Å²) in [4.78, 5) is 22.1. The van der Waals surface area contributed by atoms with E-state index in [1.807, 2.05) is 0 Å². The van der Waals surface area contributed by atoms with Crippen molar-refractivity contribution in [3.05, 3.63) is 74.0 Å². The molecule has 0 radical (unpaired) electrons. The summed E-state index contributed by atoms with van der Waals surface area (Å²) < 4.78 is 18.5. The number of hydrogen-bond acceptors (Lipinski definition) is 4. The van der Waals surface area contributed by atoms with Crippen molar-refractivity contribution in [1.29, 1.82) is 0 Å². The van der Waals surface area contributed by atoms with Crippen molar-refractivity contribution in [3.8, 4) is 0 Å². The summed E-state index contributed by atoms with van der Waals surface area (Å²) in [6.45, 7) is 0. The standard InChI is InChI=1S/C15H7ClFNO4/c16-11-4-2-1-3-8(11)5-13-14-10(15(19)22-13)6-9(17)7-12(14)18(20)21/h1-7H/b13-5-. The van der Waals surface area contributed by atoms with Gasteiger partial charge >= 0.3 is 5.97 Å². The van der Waals surface area contributed by atoms with Crippen LogP contribution in [0, 0.1) is 15.9 Å². The van der Waals surface area contributed by atoms with Crippen LogP contribution in [-0.2, 0) is 4.74 Å². The lowest BCUT2D eigenvalue weighted by Gasteiger charge is -2.02. The molecule has 110 valence electrons. The summed E-state index contributed by atoms with van der Waals surface area (Å²) in [6, 6.07) is 8.40. The Kier molecular flexibility index (Phi) is 3.38. The fourth-order valence-electron chi connectivity index (χ4n) is 2.20. The first kappa shape index (κ1) is 14.2. The molecule has 0 saturated heterocycles. The molecule has 0 spiro atoms. The molecule has 22 heavy (non-hydrogen) atoms. The van der Waals surface area contributed by atoms with E-state index >= 15 is 0 Å². The normalized spacial score (nSPS) is 14.8. The Bertz CT molecular complexity index is 847. The highest BCUT2D eigenvalue weighted by molar-refractivity contribution is 6.32. The first-order chi connectivity index (χ1) is 10.5. The highest BCUT2D eigenvalue weighted by Crippen LogP contribution is 2.39. The first-order valence-electron chi connectivity index (χ1n) is 6.14. The zero-order valence-electron chi connectivity index (χ0n) is 10.9. The van der Waals surface area contributed by atoms with Gasteiger partial charge in [-0.25, -0.2) is 9.18 Å². The van der Waals surface area contributed by atoms with E-state index in [4.69, 9.17) is 16.3 Å². The topological polar surface area (TPSA) is 69.4 Å². The van der Waals surface area contributed by atoms with Crippen molar-refractivity contribution < 1.29 is 18.8 Å². The van der Waals surface area contributed by atoms with E-state index in [9.17, 15) is 19.3 Å². The minimum Gasteiger partial charge on any atom is -0.422 e. The minimum absolute atomic E-state index is 0.0280. The van der Waals surface area contributed by atoms with Crippen LogP contribution >= 0.6 is 11.6 Å². The lowest BCUT2D eigenvalue weighted by molar-refractivity contribution is -0.385. The highest BCUT2D eigenvalue weighted by atomic mass is 35.5. The summed E-state index contributed by atoms with van der Waals surface area (Å²) in [7, 11) is 0. The lowest BCUT2D eigenvalue weighted by Crippen LogP contribution is -1.98. The number of fused-ring (bicyclic) bond motifs is 1. The number of nitro groups is 1. The third-order valence-corrected chi connectivity index (χ3v) is 3.48. The minimum atomic E-state index is -0.874. The molecule has 0 unspecified atom stereocenters. The number of esters is 1. The zero-order chi connectivity index (χ0) is 15.9. The maximum Gasteiger partial charge on any atom is 0.344 e. The number of carbonyl (C=O) groups excluding carboxylic acids is 1. The smallest absolute Gasteiger partial charge is 0.344 e. The van der Waals surface area contributed by atoms with E-state index in [0.29, 0.717) is 10.6 Å². The van der Waals surface area contributed by atoms with Gasteiger partial charge in [0.1, 0.15) is 17.1 Å². The summed E-state index contributed by atoms with van der Waals surface area (Å²) in [5.41, 5.74) is -0.223. The number of rotatable bonds is 2. The van der Waals surface area contributed by atoms with Crippen molar-refractivity contribution in [1.82, 2.24) is 0 Å². The number of halogens is 2. The first-order valence-corrected chi connectivity index (χ1v) is 6.52. The molecular formula is C15H7ClFNO4. The van der Waals surface area contributed by atoms with Crippen LogP contribution in [0.2, 0.25) is 5.02 Å². The summed E-state index contributed by atoms with van der Waals surface area (Å²) in [6.07, 6.45) is 1.41. The molecule has 1 aliphatic heterocycles. The Morgan fingerprint density at radius 1 is 1.27 bits per heavy atom. The molecule has 0 N–H and O–H groups in total. The van der Waals surface area contributed by atoms with E-state index in [-0.39, 0.29) is 16.9 Å². The molecule has 0 atom stereocenters. The highest BCUT2D eigenvalue weighted by Gasteiger charge is 2.35. The monoisotopic (exact) mass is 319 g/mol. The van der Waals surface area contributed by atoms with E-state index in [2.05, 4.69) is 0 Å². The molecule has 1 aliphatic rings. The van der Waals surface area contributed by atoms with Gasteiger partial charge in [0.2, 0.25) is 0 Å². The van der Waals surface area contributed by atoms with Crippen molar-refractivity contribution in [2.45, 2.75) is 0 Å². The van der Waals surface area contributed by atoms with Crippen molar-refractivity contribution in [2.24, 2.45) is 0 Å². The molecule has 0 fully saturated rings. The SMILES string of the molecule is O=C1O/C(=C\c2ccccc2Cl)c2c1cc(F)cc2[N+](=O)[O-]. The average molecular weight is 320 g/mol. The number of hydrogen-bond donors (Lipinski definition) is 0. The molecule has 2 aromatic rings. The third kappa shape index (κ3) is 2.33. The molecule has 0 aromatic heterocycles. The van der Waals surface area contributed by atoms with Gasteiger partial charge in [-0.1, -0.05) is 29.8 Å². The Balaban J connectivity index is 2.23. The van der Waals surface area contributed by atoms with Crippen LogP contribution in [0.4, 0.5) is 10.1 Å². The number of cyclic esters (lactones) is 1. The zero-order valence-corrected chi connectivity index (χ0v) is 11.6. The Morgan fingerprint density at radius 3 is 2.68 bits per heavy atom. The van der Waals surface area contributed by atoms with E-state index < -0.39 is 22.4 Å². The molecule has 7 heteroatoms. The molecule has 1 heterocycles. The van der Waals surface area contributed by atoms with Crippen molar-refractivity contribution in [3.63, 3.8) is 0 Å². The van der Waals surface area contributed by atoms with Crippen LogP contribution in [0.15, 0.2) is 36.4 Å². The van der Waals surface area contributed by atoms with Crippen LogP contribution in [0.5, 0.6) is 0 Å². The van der Waals surface area contributed by atoms with Gasteiger partial charge < -0.3 is 4.74 Å². The molecular weight excluding hydrogens is 313 g/mol. The number of carbonyl (C=O) groups is 1. The molecule has 3 rings (SSSR count). The molecule has 0 saturated carbocycles. The lowest BCUT2D eigenvalue weighted by atomic mass is 10.0. The number of benzene rings is 2. The predicted molar refractivity (Wildman–Crippen MR) is 77.8 cm³/mol. The largest absolute Gasteiger partial charge is 0.422 e. The predicted octanol–water partition coefficient (Wildman–Crippen LogP) is 4.06. The van der Waals surface area contributed by atoms with Crippen LogP contribution in [-0.4, -0.2) is 10.9 Å². The number of nitrogens with zero attached hydrogens (tertiary/aromatic N) is 1. The van der Waals surface area contributed by atoms with Gasteiger partial charge in [0.05, 0.1) is 16.6 Å². The van der Waals surface area contributed by atoms with Crippen LogP contribution in [0.1, 0.15) is 21.5 Å². The van der Waals surface area contributed by atoms with Crippen molar-refractivity contribution >= 4 is 35.1 Å². The fourth-order valence-corrected chi connectivity index (χ4v) is 2.39. The van der Waals surface area contributed by atoms with Gasteiger partial charge in [0.25, 0.3) is 5.69 Å². The van der Waals surface area contributed by atoms with Gasteiger partial charge in [0.15, 0.2) is 0 Å². The second-order valence-electron chi connectivity index (χ2n) is 4.52. The fraction of sp³-hybridized carbons (Fsp3) is 0. The Hall–Kier alpha value is -2.73. The van der Waals surface area contributed by atoms with Crippen LogP contribution in [0.25, 0.3) is 11.8 Å². The van der Waals surface area contributed by atoms with Gasteiger partial charge in [0, 0.05) is 5.02 Å². The van der Waals surface area contributed by atoms with E-state index in [1.165, 1.54) is 6.08 Å². The molecule has 0 aliphatic carbocycles. The third-order valence-electron chi connectivity index (χ3n) is 3.14. The molecule has 0 amide bonds. The maximum absolute atomic E-state index is 13.4. The number of ether oxygens (including phenoxy) is 1. The quantitative estimate of drug-likeness (QED) is 0.475. The van der Waals surface area contributed by atoms with Crippen molar-refractivity contribution in [2.75, 3.05) is 0 Å². The Morgan fingerprint density at radius 2 is 2.00 bits per heavy atom. The van der Waals surface area contributed by atoms with Crippen LogP contribution in [0.3, 0.4) is 0 Å². The van der Waals surface area contributed by atoms with E-state index in [1.54, 1.807) is 24.3 Å². The van der Waals surface area contributed by atoms with Gasteiger partial charge in [-0.05, 0) is 23.8 Å². The van der Waals surface area contributed by atoms with Gasteiger partial charge in [-0.2, -0.15) is 0 Å². The van der Waals surface area contributed by atoms with Crippen LogP contribution < -0.4 is 0 Å². The van der Waals surface area contributed by atoms with E-state index in [0.717, 1.165) is 12.1 Å². The average Bonchev–Trinajstić information content (AvgIpc) is 2.77. The maximum atomic E-state index is 13.4. The second-order valence-corrected chi connectivity index (χ2v) is 4.93. The second kappa shape index (κ2) is 5.23. The summed E-state index contributed by atoms with van der Waals surface area (Å²) in [5, 5.41) is 11.5. The summed E-state index contributed by atoms with van der Waals surface area (Å²) in [5.74, 6) is -1.74. The molecule has 2 aromatic carbocycles. The summed E-state index contributed by atoms with van der Waals surface area (Å²) >= 11 is 6.01. The Labute approximate surface area is 128 Å².